The van der Waals surface area contributed by atoms with Crippen LogP contribution >= 0.6 is 0 Å². The van der Waals surface area contributed by atoms with E-state index in [1.54, 1.807) is 12.1 Å². The highest BCUT2D eigenvalue weighted by Crippen LogP contribution is 2.41. The molecule has 1 aliphatic rings. The maximum Gasteiger partial charge on any atom is 0.336 e. The van der Waals surface area contributed by atoms with Gasteiger partial charge in [-0.1, -0.05) is 6.58 Å². The number of benzene rings is 1. The van der Waals surface area contributed by atoms with Crippen LogP contribution in [0.1, 0.15) is 5.56 Å². The first-order valence-electron chi connectivity index (χ1n) is 5.22. The topological polar surface area (TPSA) is 48.7 Å². The summed E-state index contributed by atoms with van der Waals surface area (Å²) < 4.78 is 16.1. The molecule has 0 fully saturated rings. The lowest BCUT2D eigenvalue weighted by Gasteiger charge is -2.03. The van der Waals surface area contributed by atoms with E-state index in [0.717, 1.165) is 10.9 Å². The van der Waals surface area contributed by atoms with E-state index >= 15 is 0 Å². The van der Waals surface area contributed by atoms with Gasteiger partial charge in [-0.05, 0) is 30.7 Å². The molecule has 17 heavy (non-hydrogen) atoms. The Morgan fingerprint density at radius 2 is 2.18 bits per heavy atom. The molecule has 1 aromatic carbocycles. The number of rotatable bonds is 1. The van der Waals surface area contributed by atoms with E-state index in [2.05, 4.69) is 6.58 Å². The molecular formula is C13H10O4. The molecule has 3 rings (SSSR count). The summed E-state index contributed by atoms with van der Waals surface area (Å²) in [5, 5.41) is 0.844. The Bertz CT molecular complexity index is 669. The Balaban J connectivity index is 2.33. The number of aryl methyl sites for hydroxylation is 1. The molecule has 0 N–H and O–H groups in total. The zero-order chi connectivity index (χ0) is 12.0. The first-order chi connectivity index (χ1) is 8.19. The van der Waals surface area contributed by atoms with Crippen molar-refractivity contribution in [3.63, 3.8) is 0 Å². The van der Waals surface area contributed by atoms with E-state index in [1.165, 1.54) is 6.07 Å². The van der Waals surface area contributed by atoms with Crippen LogP contribution in [0.4, 0.5) is 0 Å². The summed E-state index contributed by atoms with van der Waals surface area (Å²) in [6.45, 7) is 5.45. The molecule has 0 spiro atoms. The largest absolute Gasteiger partial charge is 0.447 e. The van der Waals surface area contributed by atoms with Crippen LogP contribution < -0.4 is 15.1 Å². The van der Waals surface area contributed by atoms with Crippen LogP contribution in [0, 0.1) is 6.92 Å². The van der Waals surface area contributed by atoms with E-state index < -0.39 is 11.9 Å². The van der Waals surface area contributed by atoms with Gasteiger partial charge in [0.25, 0.3) is 6.29 Å². The molecule has 0 aliphatic carbocycles. The van der Waals surface area contributed by atoms with Gasteiger partial charge in [-0.2, -0.15) is 0 Å². The zero-order valence-corrected chi connectivity index (χ0v) is 9.23. The van der Waals surface area contributed by atoms with Crippen molar-refractivity contribution < 1.29 is 13.9 Å². The first-order valence-corrected chi connectivity index (χ1v) is 5.22. The van der Waals surface area contributed by atoms with Crippen LogP contribution in [0.25, 0.3) is 11.0 Å². The lowest BCUT2D eigenvalue weighted by atomic mass is 10.1. The first kappa shape index (κ1) is 9.96. The number of ether oxygens (including phenoxy) is 2. The summed E-state index contributed by atoms with van der Waals surface area (Å²) in [6.07, 6.45) is 1.01. The van der Waals surface area contributed by atoms with Crippen LogP contribution in [0.5, 0.6) is 11.5 Å². The van der Waals surface area contributed by atoms with Crippen molar-refractivity contribution in [3.05, 3.63) is 46.8 Å². The Hall–Kier alpha value is -2.23. The molecule has 4 nitrogen and oxygen atoms in total. The molecule has 1 aliphatic heterocycles. The van der Waals surface area contributed by atoms with Gasteiger partial charge in [-0.25, -0.2) is 4.79 Å². The fraction of sp³-hybridized carbons (Fsp3) is 0.154. The van der Waals surface area contributed by atoms with Crippen LogP contribution in [-0.4, -0.2) is 6.29 Å². The minimum atomic E-state index is -0.526. The minimum absolute atomic E-state index is 0.394. The van der Waals surface area contributed by atoms with E-state index in [0.29, 0.717) is 17.1 Å². The third kappa shape index (κ3) is 1.41. The summed E-state index contributed by atoms with van der Waals surface area (Å²) in [5.74, 6) is 1.03. The van der Waals surface area contributed by atoms with Crippen molar-refractivity contribution in [2.75, 3.05) is 0 Å². The van der Waals surface area contributed by atoms with Crippen LogP contribution in [0.3, 0.4) is 0 Å². The zero-order valence-electron chi connectivity index (χ0n) is 9.23. The molecule has 0 amide bonds. The molecule has 2 heterocycles. The lowest BCUT2D eigenvalue weighted by Crippen LogP contribution is -2.13. The predicted molar refractivity (Wildman–Crippen MR) is 62.5 cm³/mol. The maximum absolute atomic E-state index is 11.4. The van der Waals surface area contributed by atoms with Gasteiger partial charge in [-0.3, -0.25) is 0 Å². The summed E-state index contributed by atoms with van der Waals surface area (Å²) >= 11 is 0. The monoisotopic (exact) mass is 230 g/mol. The average Bonchev–Trinajstić information content (AvgIpc) is 2.72. The Morgan fingerprint density at radius 1 is 1.35 bits per heavy atom. The summed E-state index contributed by atoms with van der Waals surface area (Å²) in [4.78, 5) is 11.4. The standard InChI is InChI=1S/C13H10O4/c1-3-11-15-9-5-4-8-7(2)6-10(14)16-12(8)13(9)17-11/h3-6,11H,1H2,2H3. The molecule has 0 saturated heterocycles. The van der Waals surface area contributed by atoms with E-state index in [-0.39, 0.29) is 0 Å². The van der Waals surface area contributed by atoms with Crippen molar-refractivity contribution in [2.45, 2.75) is 13.2 Å². The second-order valence-corrected chi connectivity index (χ2v) is 3.86. The molecule has 1 atom stereocenters. The van der Waals surface area contributed by atoms with Gasteiger partial charge in [0, 0.05) is 11.5 Å². The van der Waals surface area contributed by atoms with Crippen molar-refractivity contribution in [3.8, 4) is 11.5 Å². The number of hydrogen-bond acceptors (Lipinski definition) is 4. The Kier molecular flexibility index (Phi) is 1.98. The SMILES string of the molecule is C=CC1Oc2ccc3c(C)cc(=O)oc3c2O1. The normalized spacial score (nSPS) is 17.4. The average molecular weight is 230 g/mol. The quantitative estimate of drug-likeness (QED) is 0.557. The molecule has 2 aromatic rings. The smallest absolute Gasteiger partial charge is 0.336 e. The predicted octanol–water partition coefficient (Wildman–Crippen LogP) is 2.38. The van der Waals surface area contributed by atoms with E-state index in [1.807, 2.05) is 13.0 Å². The van der Waals surface area contributed by atoms with Crippen molar-refractivity contribution in [1.29, 1.82) is 0 Å². The van der Waals surface area contributed by atoms with Crippen molar-refractivity contribution >= 4 is 11.0 Å². The maximum atomic E-state index is 11.4. The van der Waals surface area contributed by atoms with Gasteiger partial charge >= 0.3 is 5.63 Å². The van der Waals surface area contributed by atoms with Gasteiger partial charge in [0.1, 0.15) is 0 Å². The Labute approximate surface area is 97.1 Å². The van der Waals surface area contributed by atoms with E-state index in [9.17, 15) is 4.79 Å². The summed E-state index contributed by atoms with van der Waals surface area (Å²) in [6, 6.07) is 5.10. The lowest BCUT2D eigenvalue weighted by molar-refractivity contribution is 0.0956. The highest BCUT2D eigenvalue weighted by Gasteiger charge is 2.25. The molecule has 0 radical (unpaired) electrons. The summed E-state index contributed by atoms with van der Waals surface area (Å²) in [5.41, 5.74) is 0.885. The molecule has 4 heteroatoms. The van der Waals surface area contributed by atoms with Crippen LogP contribution in [0.15, 0.2) is 40.1 Å². The fourth-order valence-corrected chi connectivity index (χ4v) is 1.91. The second-order valence-electron chi connectivity index (χ2n) is 3.86. The number of hydrogen-bond donors (Lipinski definition) is 0. The van der Waals surface area contributed by atoms with Crippen LogP contribution in [0.2, 0.25) is 0 Å². The fourth-order valence-electron chi connectivity index (χ4n) is 1.91. The van der Waals surface area contributed by atoms with Crippen LogP contribution in [-0.2, 0) is 0 Å². The van der Waals surface area contributed by atoms with Gasteiger partial charge in [-0.15, -0.1) is 0 Å². The molecule has 86 valence electrons. The minimum Gasteiger partial charge on any atom is -0.447 e. The third-order valence-electron chi connectivity index (χ3n) is 2.71. The van der Waals surface area contributed by atoms with Gasteiger partial charge in [0.15, 0.2) is 11.3 Å². The summed E-state index contributed by atoms with van der Waals surface area (Å²) in [7, 11) is 0. The highest BCUT2D eigenvalue weighted by molar-refractivity contribution is 5.88. The Morgan fingerprint density at radius 3 is 2.94 bits per heavy atom. The van der Waals surface area contributed by atoms with Crippen molar-refractivity contribution in [2.24, 2.45) is 0 Å². The van der Waals surface area contributed by atoms with Gasteiger partial charge in [0.05, 0.1) is 0 Å². The van der Waals surface area contributed by atoms with Gasteiger partial charge < -0.3 is 13.9 Å². The number of fused-ring (bicyclic) bond motifs is 3. The molecular weight excluding hydrogens is 220 g/mol. The molecule has 1 aromatic heterocycles. The highest BCUT2D eigenvalue weighted by atomic mass is 16.7. The molecule has 0 saturated carbocycles. The molecule has 1 unspecified atom stereocenters. The molecule has 0 bridgehead atoms. The second kappa shape index (κ2) is 3.38. The third-order valence-corrected chi connectivity index (χ3v) is 2.71. The van der Waals surface area contributed by atoms with Gasteiger partial charge in [0.2, 0.25) is 5.75 Å². The van der Waals surface area contributed by atoms with E-state index in [4.69, 9.17) is 13.9 Å². The van der Waals surface area contributed by atoms with Crippen molar-refractivity contribution in [1.82, 2.24) is 0 Å².